The van der Waals surface area contributed by atoms with Gasteiger partial charge in [-0.05, 0) is 79.2 Å². The van der Waals surface area contributed by atoms with Crippen molar-refractivity contribution in [2.24, 2.45) is 0 Å². The molecule has 0 radical (unpaired) electrons. The zero-order valence-corrected chi connectivity index (χ0v) is 19.3. The van der Waals surface area contributed by atoms with E-state index in [-0.39, 0.29) is 23.8 Å². The van der Waals surface area contributed by atoms with E-state index in [0.717, 1.165) is 26.9 Å². The molecule has 10 heteroatoms. The normalized spacial score (nSPS) is 11.5. The van der Waals surface area contributed by atoms with Gasteiger partial charge in [-0.25, -0.2) is 27.1 Å². The number of anilines is 1. The van der Waals surface area contributed by atoms with Crippen LogP contribution in [0.2, 0.25) is 0 Å². The SMILES string of the molecule is Cc1cc(Sc2ncccn2)ccc1NC(=O)CCCN(C)S(=O)(=O)c1ccc(F)cc1. The van der Waals surface area contributed by atoms with Gasteiger partial charge in [-0.2, -0.15) is 0 Å². The zero-order chi connectivity index (χ0) is 23.1. The van der Waals surface area contributed by atoms with Crippen molar-refractivity contribution in [3.63, 3.8) is 0 Å². The summed E-state index contributed by atoms with van der Waals surface area (Å²) in [6.07, 6.45) is 3.87. The van der Waals surface area contributed by atoms with Crippen molar-refractivity contribution in [1.82, 2.24) is 14.3 Å². The van der Waals surface area contributed by atoms with Crippen LogP contribution in [0, 0.1) is 12.7 Å². The lowest BCUT2D eigenvalue weighted by molar-refractivity contribution is -0.116. The van der Waals surface area contributed by atoms with Gasteiger partial charge < -0.3 is 5.32 Å². The van der Waals surface area contributed by atoms with Gasteiger partial charge in [-0.3, -0.25) is 4.79 Å². The van der Waals surface area contributed by atoms with Crippen LogP contribution in [0.1, 0.15) is 18.4 Å². The number of nitrogens with one attached hydrogen (secondary N) is 1. The summed E-state index contributed by atoms with van der Waals surface area (Å²) in [6.45, 7) is 2.06. The number of amides is 1. The number of aryl methyl sites for hydroxylation is 1. The minimum absolute atomic E-state index is 0.0142. The average Bonchev–Trinajstić information content (AvgIpc) is 2.76. The molecule has 7 nitrogen and oxygen atoms in total. The molecule has 0 bridgehead atoms. The number of carbonyl (C=O) groups excluding carboxylic acids is 1. The van der Waals surface area contributed by atoms with Gasteiger partial charge in [0.15, 0.2) is 5.16 Å². The Labute approximate surface area is 191 Å². The molecule has 1 N–H and O–H groups in total. The average molecular weight is 475 g/mol. The van der Waals surface area contributed by atoms with E-state index in [1.165, 1.54) is 30.9 Å². The fraction of sp³-hybridized carbons (Fsp3) is 0.227. The number of sulfonamides is 1. The monoisotopic (exact) mass is 474 g/mol. The Bertz CT molecular complexity index is 1170. The molecule has 0 saturated carbocycles. The molecule has 0 fully saturated rings. The van der Waals surface area contributed by atoms with Crippen molar-refractivity contribution in [3.05, 3.63) is 72.3 Å². The van der Waals surface area contributed by atoms with Gasteiger partial charge in [0.1, 0.15) is 5.82 Å². The number of rotatable bonds is 9. The summed E-state index contributed by atoms with van der Waals surface area (Å²) >= 11 is 1.43. The molecule has 2 aromatic carbocycles. The van der Waals surface area contributed by atoms with Gasteiger partial charge in [0.2, 0.25) is 15.9 Å². The summed E-state index contributed by atoms with van der Waals surface area (Å²) in [6, 6.07) is 12.1. The molecule has 0 atom stereocenters. The van der Waals surface area contributed by atoms with Crippen LogP contribution in [0.3, 0.4) is 0 Å². The van der Waals surface area contributed by atoms with Crippen LogP contribution >= 0.6 is 11.8 Å². The minimum Gasteiger partial charge on any atom is -0.326 e. The molecule has 1 aromatic heterocycles. The Kier molecular flexibility index (Phi) is 7.94. The van der Waals surface area contributed by atoms with Crippen LogP contribution in [0.25, 0.3) is 0 Å². The molecular weight excluding hydrogens is 451 g/mol. The molecule has 0 saturated heterocycles. The Balaban J connectivity index is 1.50. The summed E-state index contributed by atoms with van der Waals surface area (Å²) in [7, 11) is -2.29. The summed E-state index contributed by atoms with van der Waals surface area (Å²) in [4.78, 5) is 21.7. The Morgan fingerprint density at radius 1 is 1.12 bits per heavy atom. The standard InChI is InChI=1S/C22H23FN4O3S2/c1-16-15-18(31-22-24-12-4-13-25-22)8-11-20(16)26-21(28)5-3-14-27(2)32(29,30)19-9-6-17(23)7-10-19/h4,6-13,15H,3,5,14H2,1-2H3,(H,26,28). The molecule has 0 aliphatic carbocycles. The molecule has 32 heavy (non-hydrogen) atoms. The van der Waals surface area contributed by atoms with Crippen LogP contribution in [-0.4, -0.2) is 42.2 Å². The zero-order valence-electron chi connectivity index (χ0n) is 17.7. The van der Waals surface area contributed by atoms with E-state index < -0.39 is 15.8 Å². The van der Waals surface area contributed by atoms with Gasteiger partial charge in [0.25, 0.3) is 0 Å². The second-order valence-electron chi connectivity index (χ2n) is 7.04. The van der Waals surface area contributed by atoms with Crippen LogP contribution in [0.5, 0.6) is 0 Å². The maximum absolute atomic E-state index is 13.0. The van der Waals surface area contributed by atoms with Crippen molar-refractivity contribution < 1.29 is 17.6 Å². The highest BCUT2D eigenvalue weighted by molar-refractivity contribution is 7.99. The third kappa shape index (κ3) is 6.35. The number of nitrogens with zero attached hydrogens (tertiary/aromatic N) is 3. The highest BCUT2D eigenvalue weighted by atomic mass is 32.2. The molecule has 0 aliphatic rings. The first kappa shape index (κ1) is 23.8. The topological polar surface area (TPSA) is 92.3 Å². The van der Waals surface area contributed by atoms with Gasteiger partial charge in [0.05, 0.1) is 4.90 Å². The predicted molar refractivity (Wildman–Crippen MR) is 121 cm³/mol. The molecule has 0 aliphatic heterocycles. The summed E-state index contributed by atoms with van der Waals surface area (Å²) in [5.41, 5.74) is 1.59. The molecule has 1 heterocycles. The largest absolute Gasteiger partial charge is 0.326 e. The summed E-state index contributed by atoms with van der Waals surface area (Å²) in [5.74, 6) is -0.703. The predicted octanol–water partition coefficient (Wildman–Crippen LogP) is 4.11. The fourth-order valence-corrected chi connectivity index (χ4v) is 4.88. The van der Waals surface area contributed by atoms with E-state index in [4.69, 9.17) is 0 Å². The Morgan fingerprint density at radius 2 is 1.81 bits per heavy atom. The molecule has 0 unspecified atom stereocenters. The lowest BCUT2D eigenvalue weighted by atomic mass is 10.2. The van der Waals surface area contributed by atoms with Crippen molar-refractivity contribution >= 4 is 33.4 Å². The first-order valence-electron chi connectivity index (χ1n) is 9.83. The van der Waals surface area contributed by atoms with Crippen LogP contribution < -0.4 is 5.32 Å². The second-order valence-corrected chi connectivity index (χ2v) is 10.1. The first-order chi connectivity index (χ1) is 15.3. The van der Waals surface area contributed by atoms with Crippen molar-refractivity contribution in [1.29, 1.82) is 0 Å². The van der Waals surface area contributed by atoms with Crippen LogP contribution in [0.15, 0.2) is 75.9 Å². The Hall–Kier alpha value is -2.82. The Morgan fingerprint density at radius 3 is 2.47 bits per heavy atom. The van der Waals surface area contributed by atoms with Gasteiger partial charge in [0, 0.05) is 43.0 Å². The van der Waals surface area contributed by atoms with Crippen molar-refractivity contribution in [3.8, 4) is 0 Å². The van der Waals surface area contributed by atoms with E-state index in [2.05, 4.69) is 15.3 Å². The molecular formula is C22H23FN4O3S2. The number of hydrogen-bond donors (Lipinski definition) is 1. The number of carbonyl (C=O) groups is 1. The van der Waals surface area contributed by atoms with Gasteiger partial charge in [-0.15, -0.1) is 0 Å². The van der Waals surface area contributed by atoms with Gasteiger partial charge >= 0.3 is 0 Å². The van der Waals surface area contributed by atoms with E-state index in [0.29, 0.717) is 17.3 Å². The number of aromatic nitrogens is 2. The maximum Gasteiger partial charge on any atom is 0.242 e. The van der Waals surface area contributed by atoms with Crippen LogP contribution in [-0.2, 0) is 14.8 Å². The lowest BCUT2D eigenvalue weighted by Gasteiger charge is -2.17. The van der Waals surface area contributed by atoms with Crippen molar-refractivity contribution in [2.45, 2.75) is 34.7 Å². The highest BCUT2D eigenvalue weighted by Gasteiger charge is 2.20. The third-order valence-electron chi connectivity index (χ3n) is 4.62. The molecule has 1 amide bonds. The van der Waals surface area contributed by atoms with E-state index >= 15 is 0 Å². The first-order valence-corrected chi connectivity index (χ1v) is 12.1. The molecule has 3 aromatic rings. The maximum atomic E-state index is 13.0. The van der Waals surface area contributed by atoms with Gasteiger partial charge in [-0.1, -0.05) is 0 Å². The quantitative estimate of drug-likeness (QED) is 0.469. The molecule has 168 valence electrons. The smallest absolute Gasteiger partial charge is 0.242 e. The number of hydrogen-bond acceptors (Lipinski definition) is 6. The highest BCUT2D eigenvalue weighted by Crippen LogP contribution is 2.28. The van der Waals surface area contributed by atoms with E-state index in [1.807, 2.05) is 25.1 Å². The molecule has 0 spiro atoms. The fourth-order valence-electron chi connectivity index (χ4n) is 2.87. The lowest BCUT2D eigenvalue weighted by Crippen LogP contribution is -2.28. The number of halogens is 1. The summed E-state index contributed by atoms with van der Waals surface area (Å²) < 4.78 is 39.2. The third-order valence-corrected chi connectivity index (χ3v) is 7.38. The molecule has 3 rings (SSSR count). The van der Waals surface area contributed by atoms with Crippen LogP contribution in [0.4, 0.5) is 10.1 Å². The second kappa shape index (κ2) is 10.7. The number of benzene rings is 2. The van der Waals surface area contributed by atoms with E-state index in [9.17, 15) is 17.6 Å². The van der Waals surface area contributed by atoms with Crippen molar-refractivity contribution in [2.75, 3.05) is 18.9 Å². The van der Waals surface area contributed by atoms with E-state index in [1.54, 1.807) is 18.5 Å². The minimum atomic E-state index is -3.73. The summed E-state index contributed by atoms with van der Waals surface area (Å²) in [5, 5.41) is 3.50.